The molecule has 1 aliphatic heterocycles. The van der Waals surface area contributed by atoms with E-state index in [9.17, 15) is 9.59 Å². The number of para-hydroxylation sites is 1. The molecule has 8 heteroatoms. The Morgan fingerprint density at radius 2 is 1.38 bits per heavy atom. The molecule has 0 aromatic heterocycles. The van der Waals surface area contributed by atoms with Crippen LogP contribution in [0.15, 0.2) is 83.2 Å². The topological polar surface area (TPSA) is 95.1 Å². The number of amides is 1. The molecule has 3 aromatic carbocycles. The second-order valence-electron chi connectivity index (χ2n) is 10.5. The fourth-order valence-corrected chi connectivity index (χ4v) is 5.95. The molecule has 0 saturated heterocycles. The number of Topliss-reactive ketones (excluding diaryl/α,β-unsaturated/α-hetero) is 1. The standard InChI is InChI=1S/C34H36N2O6/c1-19-9-7-8-10-24(19)36-34(38)31-20(2)35-25-15-23(21-11-13-27(39-3)29(17-21)41-5)16-26(37)33(25)32(31)22-12-14-28(40-4)30(18-22)42-6/h7-14,17-18,23,32,35H,15-16H2,1-6H3,(H,36,38). The molecule has 0 fully saturated rings. The van der Waals surface area contributed by atoms with Crippen LogP contribution in [0.5, 0.6) is 23.0 Å². The summed E-state index contributed by atoms with van der Waals surface area (Å²) in [4.78, 5) is 28.0. The number of benzene rings is 3. The van der Waals surface area contributed by atoms with Crippen molar-refractivity contribution in [3.05, 3.63) is 99.9 Å². The Hall–Kier alpha value is -4.72. The summed E-state index contributed by atoms with van der Waals surface area (Å²) >= 11 is 0. The summed E-state index contributed by atoms with van der Waals surface area (Å²) in [5, 5.41) is 6.52. The van der Waals surface area contributed by atoms with Crippen LogP contribution in [-0.2, 0) is 9.59 Å². The Balaban J connectivity index is 1.59. The molecule has 0 spiro atoms. The number of methoxy groups -OCH3 is 4. The van der Waals surface area contributed by atoms with Crippen LogP contribution in [0.2, 0.25) is 0 Å². The number of anilines is 1. The van der Waals surface area contributed by atoms with Gasteiger partial charge in [0, 0.05) is 40.6 Å². The Morgan fingerprint density at radius 1 is 0.786 bits per heavy atom. The van der Waals surface area contributed by atoms with Crippen molar-refractivity contribution in [3.8, 4) is 23.0 Å². The lowest BCUT2D eigenvalue weighted by atomic mass is 9.71. The van der Waals surface area contributed by atoms with Crippen molar-refractivity contribution in [1.29, 1.82) is 0 Å². The first-order chi connectivity index (χ1) is 20.3. The van der Waals surface area contributed by atoms with Gasteiger partial charge in [-0.1, -0.05) is 30.3 Å². The molecule has 0 bridgehead atoms. The first-order valence-electron chi connectivity index (χ1n) is 13.8. The van der Waals surface area contributed by atoms with Gasteiger partial charge in [0.2, 0.25) is 0 Å². The number of rotatable bonds is 8. The fourth-order valence-electron chi connectivity index (χ4n) is 5.95. The fraction of sp³-hybridized carbons (Fsp3) is 0.294. The van der Waals surface area contributed by atoms with Crippen LogP contribution in [0, 0.1) is 6.92 Å². The monoisotopic (exact) mass is 568 g/mol. The summed E-state index contributed by atoms with van der Waals surface area (Å²) in [6.07, 6.45) is 0.899. The average molecular weight is 569 g/mol. The molecule has 218 valence electrons. The molecule has 2 atom stereocenters. The molecule has 42 heavy (non-hydrogen) atoms. The second-order valence-corrected chi connectivity index (χ2v) is 10.5. The number of allylic oxidation sites excluding steroid dienone is 3. The van der Waals surface area contributed by atoms with Crippen molar-refractivity contribution in [1.82, 2.24) is 5.32 Å². The molecule has 1 amide bonds. The molecule has 5 rings (SSSR count). The molecular formula is C34H36N2O6. The summed E-state index contributed by atoms with van der Waals surface area (Å²) in [7, 11) is 6.34. The predicted octanol–water partition coefficient (Wildman–Crippen LogP) is 6.03. The van der Waals surface area contributed by atoms with Crippen molar-refractivity contribution in [2.75, 3.05) is 33.8 Å². The maximum atomic E-state index is 14.1. The zero-order valence-corrected chi connectivity index (χ0v) is 24.8. The minimum Gasteiger partial charge on any atom is -0.493 e. The summed E-state index contributed by atoms with van der Waals surface area (Å²) < 4.78 is 22.0. The Bertz CT molecular complexity index is 1610. The normalized spacial score (nSPS) is 18.2. The second kappa shape index (κ2) is 12.0. The van der Waals surface area contributed by atoms with Crippen molar-refractivity contribution < 1.29 is 28.5 Å². The van der Waals surface area contributed by atoms with E-state index < -0.39 is 5.92 Å². The highest BCUT2D eigenvalue weighted by Crippen LogP contribution is 2.47. The SMILES string of the molecule is COc1ccc(C2CC(=O)C3=C(C2)NC(C)=C(C(=O)Nc2ccccc2C)C3c2ccc(OC)c(OC)c2)cc1OC. The first-order valence-corrected chi connectivity index (χ1v) is 13.8. The summed E-state index contributed by atoms with van der Waals surface area (Å²) in [5.41, 5.74) is 6.02. The maximum Gasteiger partial charge on any atom is 0.254 e. The molecule has 1 aliphatic carbocycles. The van der Waals surface area contributed by atoms with Gasteiger partial charge in [-0.25, -0.2) is 0 Å². The third kappa shape index (κ3) is 5.32. The maximum absolute atomic E-state index is 14.1. The van der Waals surface area contributed by atoms with Gasteiger partial charge in [0.1, 0.15) is 0 Å². The first kappa shape index (κ1) is 28.8. The van der Waals surface area contributed by atoms with Crippen LogP contribution < -0.4 is 29.6 Å². The molecule has 2 unspecified atom stereocenters. The number of ether oxygens (including phenoxy) is 4. The summed E-state index contributed by atoms with van der Waals surface area (Å²) in [6.45, 7) is 3.83. The number of aryl methyl sites for hydroxylation is 1. The van der Waals surface area contributed by atoms with E-state index in [1.165, 1.54) is 0 Å². The Kier molecular flexibility index (Phi) is 8.24. The molecule has 3 aromatic rings. The minimum atomic E-state index is -0.594. The molecule has 0 saturated carbocycles. The van der Waals surface area contributed by atoms with E-state index in [-0.39, 0.29) is 17.6 Å². The molecular weight excluding hydrogens is 532 g/mol. The van der Waals surface area contributed by atoms with Gasteiger partial charge in [0.05, 0.1) is 28.4 Å². The van der Waals surface area contributed by atoms with E-state index in [1.54, 1.807) is 28.4 Å². The zero-order chi connectivity index (χ0) is 30.0. The van der Waals surface area contributed by atoms with Gasteiger partial charge in [-0.2, -0.15) is 0 Å². The highest BCUT2D eigenvalue weighted by atomic mass is 16.5. The lowest BCUT2D eigenvalue weighted by Crippen LogP contribution is -2.37. The van der Waals surface area contributed by atoms with Crippen molar-refractivity contribution >= 4 is 17.4 Å². The lowest BCUT2D eigenvalue weighted by Gasteiger charge is -2.37. The van der Waals surface area contributed by atoms with Gasteiger partial charge in [0.15, 0.2) is 28.8 Å². The van der Waals surface area contributed by atoms with E-state index >= 15 is 0 Å². The number of nitrogens with one attached hydrogen (secondary N) is 2. The zero-order valence-electron chi connectivity index (χ0n) is 24.8. The number of hydrogen-bond acceptors (Lipinski definition) is 7. The molecule has 8 nitrogen and oxygen atoms in total. The van der Waals surface area contributed by atoms with Gasteiger partial charge in [-0.05, 0) is 73.2 Å². The van der Waals surface area contributed by atoms with Gasteiger partial charge in [-0.3, -0.25) is 9.59 Å². The van der Waals surface area contributed by atoms with E-state index in [2.05, 4.69) is 10.6 Å². The third-order valence-corrected chi connectivity index (χ3v) is 8.09. The van der Waals surface area contributed by atoms with Crippen molar-refractivity contribution in [3.63, 3.8) is 0 Å². The lowest BCUT2D eigenvalue weighted by molar-refractivity contribution is -0.116. The molecule has 0 radical (unpaired) electrons. The summed E-state index contributed by atoms with van der Waals surface area (Å²) in [5.74, 6) is 1.41. The van der Waals surface area contributed by atoms with E-state index in [4.69, 9.17) is 18.9 Å². The predicted molar refractivity (Wildman–Crippen MR) is 161 cm³/mol. The van der Waals surface area contributed by atoms with Crippen LogP contribution in [-0.4, -0.2) is 40.1 Å². The van der Waals surface area contributed by atoms with E-state index in [0.29, 0.717) is 52.7 Å². The van der Waals surface area contributed by atoms with Gasteiger partial charge >= 0.3 is 0 Å². The highest BCUT2D eigenvalue weighted by molar-refractivity contribution is 6.10. The Labute approximate surface area is 246 Å². The molecule has 2 N–H and O–H groups in total. The molecule has 2 aliphatic rings. The van der Waals surface area contributed by atoms with Gasteiger partial charge in [-0.15, -0.1) is 0 Å². The number of dihydropyridines is 1. The molecule has 1 heterocycles. The van der Waals surface area contributed by atoms with Crippen LogP contribution in [0.4, 0.5) is 5.69 Å². The van der Waals surface area contributed by atoms with Crippen LogP contribution in [0.3, 0.4) is 0 Å². The third-order valence-electron chi connectivity index (χ3n) is 8.09. The van der Waals surface area contributed by atoms with Crippen molar-refractivity contribution in [2.24, 2.45) is 0 Å². The highest BCUT2D eigenvalue weighted by Gasteiger charge is 2.41. The van der Waals surface area contributed by atoms with Crippen LogP contribution in [0.1, 0.15) is 48.3 Å². The summed E-state index contributed by atoms with van der Waals surface area (Å²) in [6, 6.07) is 18.9. The van der Waals surface area contributed by atoms with E-state index in [1.807, 2.05) is 74.5 Å². The number of carbonyl (C=O) groups excluding carboxylic acids is 2. The van der Waals surface area contributed by atoms with Crippen LogP contribution >= 0.6 is 0 Å². The average Bonchev–Trinajstić information content (AvgIpc) is 3.00. The van der Waals surface area contributed by atoms with Gasteiger partial charge < -0.3 is 29.6 Å². The minimum absolute atomic E-state index is 0.0167. The van der Waals surface area contributed by atoms with Crippen LogP contribution in [0.25, 0.3) is 0 Å². The van der Waals surface area contributed by atoms with E-state index in [0.717, 1.165) is 28.1 Å². The largest absolute Gasteiger partial charge is 0.493 e. The number of hydrogen-bond donors (Lipinski definition) is 2. The smallest absolute Gasteiger partial charge is 0.254 e. The van der Waals surface area contributed by atoms with Crippen molar-refractivity contribution in [2.45, 2.75) is 38.5 Å². The Morgan fingerprint density at radius 3 is 2.00 bits per heavy atom. The number of ketones is 1. The van der Waals surface area contributed by atoms with Gasteiger partial charge in [0.25, 0.3) is 5.91 Å². The quantitative estimate of drug-likeness (QED) is 0.343. The number of carbonyl (C=O) groups is 2.